The number of H-pyrrole nitrogens is 1. The SMILES string of the molecule is Cc1ccc(CCCCN2CC=C(c3ccccc3)CC2)c2cc[nH]c12. The number of nitrogens with one attached hydrogen (secondary N) is 1. The minimum atomic E-state index is 1.09. The van der Waals surface area contributed by atoms with E-state index >= 15 is 0 Å². The van der Waals surface area contributed by atoms with E-state index in [4.69, 9.17) is 0 Å². The molecule has 0 fully saturated rings. The smallest absolute Gasteiger partial charge is 0.0486 e. The minimum absolute atomic E-state index is 1.09. The lowest BCUT2D eigenvalue weighted by Gasteiger charge is -2.26. The van der Waals surface area contributed by atoms with Crippen molar-refractivity contribution >= 4 is 16.5 Å². The Bertz CT molecular complexity index is 889. The first kappa shape index (κ1) is 17.1. The van der Waals surface area contributed by atoms with Gasteiger partial charge >= 0.3 is 0 Å². The highest BCUT2D eigenvalue weighted by Gasteiger charge is 2.12. The van der Waals surface area contributed by atoms with Gasteiger partial charge in [0.2, 0.25) is 0 Å². The molecule has 134 valence electrons. The molecular weight excluding hydrogens is 316 g/mol. The van der Waals surface area contributed by atoms with E-state index in [1.807, 2.05) is 0 Å². The lowest BCUT2D eigenvalue weighted by atomic mass is 9.99. The fraction of sp³-hybridized carbons (Fsp3) is 0.333. The summed E-state index contributed by atoms with van der Waals surface area (Å²) in [7, 11) is 0. The zero-order chi connectivity index (χ0) is 17.8. The fourth-order valence-corrected chi connectivity index (χ4v) is 4.06. The van der Waals surface area contributed by atoms with Gasteiger partial charge in [0.05, 0.1) is 0 Å². The van der Waals surface area contributed by atoms with Crippen molar-refractivity contribution in [3.05, 3.63) is 77.5 Å². The molecule has 0 amide bonds. The zero-order valence-electron chi connectivity index (χ0n) is 15.7. The van der Waals surface area contributed by atoms with Gasteiger partial charge in [-0.1, -0.05) is 48.5 Å². The second-order valence-corrected chi connectivity index (χ2v) is 7.41. The molecule has 2 heteroatoms. The van der Waals surface area contributed by atoms with Crippen LogP contribution in [0, 0.1) is 6.92 Å². The molecule has 1 aliphatic heterocycles. The maximum Gasteiger partial charge on any atom is 0.0486 e. The summed E-state index contributed by atoms with van der Waals surface area (Å²) in [5, 5.41) is 1.40. The molecule has 0 saturated heterocycles. The Labute approximate surface area is 156 Å². The first-order valence-corrected chi connectivity index (χ1v) is 9.83. The Balaban J connectivity index is 1.26. The molecule has 0 radical (unpaired) electrons. The molecule has 0 saturated carbocycles. The predicted octanol–water partition coefficient (Wildman–Crippen LogP) is 5.59. The number of rotatable bonds is 6. The quantitative estimate of drug-likeness (QED) is 0.578. The van der Waals surface area contributed by atoms with Gasteiger partial charge in [-0.2, -0.15) is 0 Å². The molecule has 0 aliphatic carbocycles. The molecule has 26 heavy (non-hydrogen) atoms. The number of hydrogen-bond acceptors (Lipinski definition) is 1. The molecule has 2 aromatic carbocycles. The normalized spacial score (nSPS) is 15.3. The first-order valence-electron chi connectivity index (χ1n) is 9.83. The molecule has 4 rings (SSSR count). The van der Waals surface area contributed by atoms with Gasteiger partial charge in [0, 0.05) is 30.2 Å². The maximum absolute atomic E-state index is 3.37. The summed E-state index contributed by atoms with van der Waals surface area (Å²) in [6.07, 6.45) is 9.36. The van der Waals surface area contributed by atoms with Crippen molar-refractivity contribution in [2.75, 3.05) is 19.6 Å². The Kier molecular flexibility index (Phi) is 5.21. The van der Waals surface area contributed by atoms with E-state index in [1.54, 1.807) is 0 Å². The highest BCUT2D eigenvalue weighted by molar-refractivity contribution is 5.85. The number of benzene rings is 2. The summed E-state index contributed by atoms with van der Waals surface area (Å²) >= 11 is 0. The summed E-state index contributed by atoms with van der Waals surface area (Å²) in [6.45, 7) is 5.67. The predicted molar refractivity (Wildman–Crippen MR) is 111 cm³/mol. The van der Waals surface area contributed by atoms with Crippen LogP contribution in [0.15, 0.2) is 60.8 Å². The Hall–Kier alpha value is -2.32. The van der Waals surface area contributed by atoms with Gasteiger partial charge in [-0.3, -0.25) is 4.90 Å². The lowest BCUT2D eigenvalue weighted by molar-refractivity contribution is 0.295. The molecule has 0 bridgehead atoms. The van der Waals surface area contributed by atoms with Crippen molar-refractivity contribution in [3.63, 3.8) is 0 Å². The highest BCUT2D eigenvalue weighted by atomic mass is 15.1. The van der Waals surface area contributed by atoms with Crippen molar-refractivity contribution in [2.45, 2.75) is 32.6 Å². The number of fused-ring (bicyclic) bond motifs is 1. The van der Waals surface area contributed by atoms with Gasteiger partial charge < -0.3 is 4.98 Å². The summed E-state index contributed by atoms with van der Waals surface area (Å²) in [6, 6.07) is 17.6. The molecule has 2 heterocycles. The highest BCUT2D eigenvalue weighted by Crippen LogP contribution is 2.24. The Morgan fingerprint density at radius 3 is 2.69 bits per heavy atom. The van der Waals surface area contributed by atoms with E-state index in [0.29, 0.717) is 0 Å². The summed E-state index contributed by atoms with van der Waals surface area (Å²) in [4.78, 5) is 5.96. The van der Waals surface area contributed by atoms with Gasteiger partial charge in [0.15, 0.2) is 0 Å². The van der Waals surface area contributed by atoms with E-state index in [-0.39, 0.29) is 0 Å². The van der Waals surface area contributed by atoms with Crippen LogP contribution in [0.25, 0.3) is 16.5 Å². The summed E-state index contributed by atoms with van der Waals surface area (Å²) in [5.74, 6) is 0. The molecule has 2 nitrogen and oxygen atoms in total. The first-order chi connectivity index (χ1) is 12.8. The third-order valence-corrected chi connectivity index (χ3v) is 5.63. The van der Waals surface area contributed by atoms with E-state index in [2.05, 4.69) is 77.6 Å². The number of unbranched alkanes of at least 4 members (excludes halogenated alkanes) is 1. The molecule has 1 N–H and O–H groups in total. The second kappa shape index (κ2) is 7.92. The van der Waals surface area contributed by atoms with E-state index < -0.39 is 0 Å². The Morgan fingerprint density at radius 2 is 1.88 bits per heavy atom. The fourth-order valence-electron chi connectivity index (χ4n) is 4.06. The van der Waals surface area contributed by atoms with E-state index in [1.165, 1.54) is 71.9 Å². The molecular formula is C24H28N2. The second-order valence-electron chi connectivity index (χ2n) is 7.41. The van der Waals surface area contributed by atoms with Crippen molar-refractivity contribution < 1.29 is 0 Å². The summed E-state index contributed by atoms with van der Waals surface area (Å²) in [5.41, 5.74) is 7.02. The van der Waals surface area contributed by atoms with E-state index in [9.17, 15) is 0 Å². The van der Waals surface area contributed by atoms with Crippen LogP contribution in [-0.4, -0.2) is 29.5 Å². The van der Waals surface area contributed by atoms with Crippen molar-refractivity contribution in [2.24, 2.45) is 0 Å². The molecule has 0 atom stereocenters. The standard InChI is InChI=1S/C24H28N2/c1-19-10-11-22(23-12-15-25-24(19)23)9-5-6-16-26-17-13-21(14-18-26)20-7-3-2-4-8-20/h2-4,7-8,10-13,15,25H,5-6,9,14,16-18H2,1H3. The van der Waals surface area contributed by atoms with Gasteiger partial charge in [-0.05, 0) is 67.5 Å². The van der Waals surface area contributed by atoms with E-state index in [0.717, 1.165) is 6.54 Å². The molecule has 0 spiro atoms. The number of aromatic amines is 1. The maximum atomic E-state index is 3.37. The number of nitrogens with zero attached hydrogens (tertiary/aromatic N) is 1. The monoisotopic (exact) mass is 344 g/mol. The zero-order valence-corrected chi connectivity index (χ0v) is 15.7. The van der Waals surface area contributed by atoms with Crippen LogP contribution >= 0.6 is 0 Å². The van der Waals surface area contributed by atoms with Gasteiger partial charge in [0.25, 0.3) is 0 Å². The van der Waals surface area contributed by atoms with Crippen molar-refractivity contribution in [3.8, 4) is 0 Å². The Morgan fingerprint density at radius 1 is 1.00 bits per heavy atom. The summed E-state index contributed by atoms with van der Waals surface area (Å²) < 4.78 is 0. The lowest BCUT2D eigenvalue weighted by Crippen LogP contribution is -2.29. The van der Waals surface area contributed by atoms with Gasteiger partial charge in [-0.15, -0.1) is 0 Å². The molecule has 1 aromatic heterocycles. The average Bonchev–Trinajstić information content (AvgIpc) is 3.19. The van der Waals surface area contributed by atoms with Crippen LogP contribution in [-0.2, 0) is 6.42 Å². The molecule has 0 unspecified atom stereocenters. The third kappa shape index (κ3) is 3.76. The molecule has 1 aliphatic rings. The third-order valence-electron chi connectivity index (χ3n) is 5.63. The van der Waals surface area contributed by atoms with Crippen molar-refractivity contribution in [1.29, 1.82) is 0 Å². The van der Waals surface area contributed by atoms with Crippen LogP contribution in [0.5, 0.6) is 0 Å². The number of aromatic nitrogens is 1. The largest absolute Gasteiger partial charge is 0.361 e. The molecule has 3 aromatic rings. The van der Waals surface area contributed by atoms with Crippen LogP contribution in [0.2, 0.25) is 0 Å². The minimum Gasteiger partial charge on any atom is -0.361 e. The van der Waals surface area contributed by atoms with Crippen LogP contribution in [0.3, 0.4) is 0 Å². The number of aryl methyl sites for hydroxylation is 2. The topological polar surface area (TPSA) is 19.0 Å². The average molecular weight is 345 g/mol. The van der Waals surface area contributed by atoms with Gasteiger partial charge in [0.1, 0.15) is 0 Å². The van der Waals surface area contributed by atoms with Crippen LogP contribution in [0.4, 0.5) is 0 Å². The van der Waals surface area contributed by atoms with Crippen LogP contribution in [0.1, 0.15) is 36.0 Å². The van der Waals surface area contributed by atoms with Crippen molar-refractivity contribution in [1.82, 2.24) is 9.88 Å². The van der Waals surface area contributed by atoms with Gasteiger partial charge in [-0.25, -0.2) is 0 Å². The van der Waals surface area contributed by atoms with Crippen LogP contribution < -0.4 is 0 Å². The number of hydrogen-bond donors (Lipinski definition) is 1.